The van der Waals surface area contributed by atoms with Crippen LogP contribution in [0.4, 0.5) is 0 Å². The second-order valence-electron chi connectivity index (χ2n) is 1.13. The molecule has 0 aromatic rings. The summed E-state index contributed by atoms with van der Waals surface area (Å²) in [5.41, 5.74) is 7.69. The Bertz CT molecular complexity index is 87.7. The predicted octanol–water partition coefficient (Wildman–Crippen LogP) is 0.527. The number of nitrogens with zero attached hydrogens (tertiary/aromatic N) is 4. The van der Waals surface area contributed by atoms with Gasteiger partial charge in [-0.15, -0.1) is 5.53 Å². The fourth-order valence-corrected chi connectivity index (χ4v) is 0.191. The van der Waals surface area contributed by atoms with Gasteiger partial charge >= 0.3 is 0 Å². The highest BCUT2D eigenvalue weighted by atomic mass is 15.6. The SMILES string of the molecule is [N-]=[N+]=NN1CC1. The van der Waals surface area contributed by atoms with Crippen LogP contribution < -0.4 is 0 Å². The quantitative estimate of drug-likeness (QED) is 0.198. The van der Waals surface area contributed by atoms with Crippen LogP contribution in [-0.2, 0) is 0 Å². The molecule has 0 bridgehead atoms. The van der Waals surface area contributed by atoms with Crippen molar-refractivity contribution in [3.8, 4) is 0 Å². The van der Waals surface area contributed by atoms with Crippen LogP contribution in [0.2, 0.25) is 0 Å². The summed E-state index contributed by atoms with van der Waals surface area (Å²) < 4.78 is 0. The highest BCUT2D eigenvalue weighted by Gasteiger charge is 2.18. The Balaban J connectivity index is 2.33. The van der Waals surface area contributed by atoms with E-state index in [0.717, 1.165) is 13.1 Å². The molecule has 4 heteroatoms. The minimum Gasteiger partial charge on any atom is -0.240 e. The summed E-state index contributed by atoms with van der Waals surface area (Å²) in [6.07, 6.45) is 0. The van der Waals surface area contributed by atoms with Crippen LogP contribution in [0.5, 0.6) is 0 Å². The molecule has 6 heavy (non-hydrogen) atoms. The average molecular weight is 84.1 g/mol. The van der Waals surface area contributed by atoms with Gasteiger partial charge in [-0.05, 0) is 5.22 Å². The van der Waals surface area contributed by atoms with E-state index in [4.69, 9.17) is 5.53 Å². The van der Waals surface area contributed by atoms with Gasteiger partial charge in [-0.25, -0.2) is 5.01 Å². The van der Waals surface area contributed by atoms with Crippen molar-refractivity contribution >= 4 is 0 Å². The summed E-state index contributed by atoms with van der Waals surface area (Å²) in [6.45, 7) is 1.87. The monoisotopic (exact) mass is 84.0 g/mol. The predicted molar refractivity (Wildman–Crippen MR) is 20.7 cm³/mol. The Hall–Kier alpha value is -0.890. The molecule has 1 heterocycles. The Labute approximate surface area is 35.0 Å². The summed E-state index contributed by atoms with van der Waals surface area (Å²) in [5.74, 6) is 0. The Morgan fingerprint density at radius 3 is 2.50 bits per heavy atom. The Kier molecular flexibility index (Phi) is 0.587. The summed E-state index contributed by atoms with van der Waals surface area (Å²) in [7, 11) is 0. The van der Waals surface area contributed by atoms with E-state index in [1.807, 2.05) is 0 Å². The second kappa shape index (κ2) is 1.06. The maximum Gasteiger partial charge on any atom is 0.126 e. The molecule has 0 amide bonds. The van der Waals surface area contributed by atoms with E-state index in [-0.39, 0.29) is 0 Å². The fraction of sp³-hybridized carbons (Fsp3) is 1.00. The number of hydrogen-bond acceptors (Lipinski definition) is 1. The van der Waals surface area contributed by atoms with Gasteiger partial charge in [-0.1, -0.05) is 0 Å². The molecule has 1 aliphatic rings. The maximum absolute atomic E-state index is 7.69. The van der Waals surface area contributed by atoms with Crippen molar-refractivity contribution < 1.29 is 0 Å². The van der Waals surface area contributed by atoms with Crippen molar-refractivity contribution in [2.24, 2.45) is 5.22 Å². The Morgan fingerprint density at radius 2 is 2.33 bits per heavy atom. The third-order valence-corrected chi connectivity index (χ3v) is 0.590. The highest BCUT2D eigenvalue weighted by Crippen LogP contribution is 2.01. The van der Waals surface area contributed by atoms with Crippen molar-refractivity contribution in [1.29, 1.82) is 0 Å². The van der Waals surface area contributed by atoms with Crippen LogP contribution >= 0.6 is 0 Å². The van der Waals surface area contributed by atoms with Crippen LogP contribution in [0.1, 0.15) is 0 Å². The van der Waals surface area contributed by atoms with Gasteiger partial charge in [0.15, 0.2) is 0 Å². The van der Waals surface area contributed by atoms with Gasteiger partial charge in [-0.3, -0.25) is 0 Å². The number of rotatable bonds is 1. The summed E-state index contributed by atoms with van der Waals surface area (Å²) >= 11 is 0. The van der Waals surface area contributed by atoms with Gasteiger partial charge in [0.2, 0.25) is 0 Å². The third-order valence-electron chi connectivity index (χ3n) is 0.590. The van der Waals surface area contributed by atoms with Crippen molar-refractivity contribution in [1.82, 2.24) is 5.01 Å². The summed E-state index contributed by atoms with van der Waals surface area (Å²) in [5, 5.41) is 4.89. The van der Waals surface area contributed by atoms with Crippen LogP contribution in [0, 0.1) is 0 Å². The molecule has 0 aliphatic carbocycles. The van der Waals surface area contributed by atoms with Crippen LogP contribution in [0.3, 0.4) is 0 Å². The molecule has 1 rings (SSSR count). The summed E-state index contributed by atoms with van der Waals surface area (Å²) in [6, 6.07) is 0. The van der Waals surface area contributed by atoms with Gasteiger partial charge < -0.3 is 0 Å². The molecule has 0 radical (unpaired) electrons. The van der Waals surface area contributed by atoms with Crippen LogP contribution in [0.25, 0.3) is 10.4 Å². The lowest BCUT2D eigenvalue weighted by atomic mass is 11.0. The lowest BCUT2D eigenvalue weighted by molar-refractivity contribution is 0.596. The van der Waals surface area contributed by atoms with E-state index in [9.17, 15) is 0 Å². The zero-order valence-corrected chi connectivity index (χ0v) is 3.20. The van der Waals surface area contributed by atoms with E-state index in [2.05, 4.69) is 10.1 Å². The molecule has 1 saturated heterocycles. The molecule has 0 atom stereocenters. The second-order valence-corrected chi connectivity index (χ2v) is 1.13. The molecular formula is C2H4N4. The molecule has 0 aromatic carbocycles. The molecule has 4 nitrogen and oxygen atoms in total. The first-order valence-electron chi connectivity index (χ1n) is 1.73. The third kappa shape index (κ3) is 0.530. The first-order chi connectivity index (χ1) is 2.93. The molecule has 1 fully saturated rings. The first-order valence-corrected chi connectivity index (χ1v) is 1.73. The zero-order valence-electron chi connectivity index (χ0n) is 3.20. The van der Waals surface area contributed by atoms with E-state index in [1.165, 1.54) is 0 Å². The molecule has 1 aliphatic heterocycles. The van der Waals surface area contributed by atoms with E-state index in [0.29, 0.717) is 0 Å². The van der Waals surface area contributed by atoms with Crippen LogP contribution in [-0.4, -0.2) is 18.1 Å². The lowest BCUT2D eigenvalue weighted by Gasteiger charge is -1.72. The maximum atomic E-state index is 7.69. The first kappa shape index (κ1) is 3.31. The van der Waals surface area contributed by atoms with Crippen molar-refractivity contribution in [2.75, 3.05) is 13.1 Å². The van der Waals surface area contributed by atoms with Crippen molar-refractivity contribution in [3.05, 3.63) is 10.4 Å². The van der Waals surface area contributed by atoms with Gasteiger partial charge in [0.1, 0.15) is 13.1 Å². The van der Waals surface area contributed by atoms with Gasteiger partial charge in [-0.2, -0.15) is 4.91 Å². The van der Waals surface area contributed by atoms with E-state index < -0.39 is 0 Å². The normalized spacial score (nSPS) is 16.3. The molecule has 0 aromatic heterocycles. The minimum atomic E-state index is 0.935. The standard InChI is InChI=1S/C2H4N4/c3-4-5-6-1-2-6/h1-2H2. The molecule has 0 N–H and O–H groups in total. The van der Waals surface area contributed by atoms with Crippen molar-refractivity contribution in [3.63, 3.8) is 0 Å². The molecule has 0 spiro atoms. The smallest absolute Gasteiger partial charge is 0.126 e. The fourth-order valence-electron chi connectivity index (χ4n) is 0.191. The summed E-state index contributed by atoms with van der Waals surface area (Å²) in [4.78, 5) is 2.55. The highest BCUT2D eigenvalue weighted by molar-refractivity contribution is 4.66. The van der Waals surface area contributed by atoms with Gasteiger partial charge in [0.05, 0.1) is 0 Å². The topological polar surface area (TPSA) is 51.8 Å². The average Bonchev–Trinajstić information content (AvgIpc) is 2.21. The van der Waals surface area contributed by atoms with Crippen LogP contribution in [0.15, 0.2) is 5.22 Å². The Morgan fingerprint density at radius 1 is 1.67 bits per heavy atom. The molecule has 0 unspecified atom stereocenters. The van der Waals surface area contributed by atoms with Gasteiger partial charge in [0.25, 0.3) is 0 Å². The van der Waals surface area contributed by atoms with E-state index >= 15 is 0 Å². The molecule has 32 valence electrons. The number of azide groups is 1. The lowest BCUT2D eigenvalue weighted by Crippen LogP contribution is -1.73. The van der Waals surface area contributed by atoms with Crippen molar-refractivity contribution in [2.45, 2.75) is 0 Å². The zero-order chi connectivity index (χ0) is 4.41. The largest absolute Gasteiger partial charge is 0.240 e. The molecule has 0 saturated carbocycles. The number of hydrogen-bond donors (Lipinski definition) is 0. The van der Waals surface area contributed by atoms with Gasteiger partial charge in [0, 0.05) is 0 Å². The van der Waals surface area contributed by atoms with E-state index in [1.54, 1.807) is 5.01 Å². The minimum absolute atomic E-state index is 0.935. The molecular weight excluding hydrogens is 80.0 g/mol.